The Morgan fingerprint density at radius 3 is 2.48 bits per heavy atom. The Labute approximate surface area is 173 Å². The van der Waals surface area contributed by atoms with Gasteiger partial charge in [-0.05, 0) is 37.6 Å². The summed E-state index contributed by atoms with van der Waals surface area (Å²) in [6.07, 6.45) is 1.67. The zero-order chi connectivity index (χ0) is 21.4. The number of hydrogen-bond donors (Lipinski definition) is 2. The summed E-state index contributed by atoms with van der Waals surface area (Å²) >= 11 is 1.07. The van der Waals surface area contributed by atoms with E-state index in [1.54, 1.807) is 29.9 Å². The van der Waals surface area contributed by atoms with Crippen LogP contribution in [0.3, 0.4) is 0 Å². The number of thioether (sulfide) groups is 1. The zero-order valence-electron chi connectivity index (χ0n) is 16.5. The van der Waals surface area contributed by atoms with Crippen LogP contribution < -0.4 is 10.6 Å². The third kappa shape index (κ3) is 7.11. The third-order valence-electron chi connectivity index (χ3n) is 3.90. The number of rotatable bonds is 8. The second-order valence-corrected chi connectivity index (χ2v) is 7.39. The van der Waals surface area contributed by atoms with E-state index in [4.69, 9.17) is 4.74 Å². The first-order chi connectivity index (χ1) is 13.8. The van der Waals surface area contributed by atoms with Crippen molar-refractivity contribution in [3.05, 3.63) is 53.3 Å². The van der Waals surface area contributed by atoms with Crippen molar-refractivity contribution in [1.29, 1.82) is 0 Å². The molecule has 0 bridgehead atoms. The molecule has 0 fully saturated rings. The van der Waals surface area contributed by atoms with Crippen LogP contribution in [0.5, 0.6) is 0 Å². The summed E-state index contributed by atoms with van der Waals surface area (Å²) in [4.78, 5) is 47.3. The maximum atomic E-state index is 12.0. The summed E-state index contributed by atoms with van der Waals surface area (Å²) < 4.78 is 6.39. The average Bonchev–Trinajstić information content (AvgIpc) is 3.08. The minimum atomic E-state index is -0.720. The van der Waals surface area contributed by atoms with Gasteiger partial charge in [0.15, 0.2) is 6.61 Å². The lowest BCUT2D eigenvalue weighted by Gasteiger charge is -2.09. The van der Waals surface area contributed by atoms with E-state index in [2.05, 4.69) is 10.6 Å². The Hall–Kier alpha value is -3.07. The Morgan fingerprint density at radius 1 is 1.07 bits per heavy atom. The molecule has 0 aliphatic rings. The summed E-state index contributed by atoms with van der Waals surface area (Å²) in [5.41, 5.74) is 3.10. The van der Waals surface area contributed by atoms with E-state index in [-0.39, 0.29) is 17.4 Å². The van der Waals surface area contributed by atoms with Crippen molar-refractivity contribution < 1.29 is 23.9 Å². The molecular formula is C20H23N3O5S. The monoisotopic (exact) mass is 417 g/mol. The van der Waals surface area contributed by atoms with Gasteiger partial charge in [-0.25, -0.2) is 0 Å². The predicted molar refractivity (Wildman–Crippen MR) is 111 cm³/mol. The Morgan fingerprint density at radius 2 is 1.83 bits per heavy atom. The molecule has 0 saturated heterocycles. The van der Waals surface area contributed by atoms with Crippen molar-refractivity contribution in [2.75, 3.05) is 23.4 Å². The van der Waals surface area contributed by atoms with E-state index >= 15 is 0 Å². The molecule has 154 valence electrons. The van der Waals surface area contributed by atoms with Crippen LogP contribution in [0.2, 0.25) is 0 Å². The first-order valence-electron chi connectivity index (χ1n) is 8.82. The lowest BCUT2D eigenvalue weighted by Crippen LogP contribution is -2.35. The van der Waals surface area contributed by atoms with Gasteiger partial charge in [-0.3, -0.25) is 24.5 Å². The van der Waals surface area contributed by atoms with Crippen molar-refractivity contribution in [2.45, 2.75) is 13.8 Å². The molecule has 2 rings (SSSR count). The normalized spacial score (nSPS) is 10.3. The Kier molecular flexibility index (Phi) is 8.02. The first-order valence-corrected chi connectivity index (χ1v) is 9.97. The summed E-state index contributed by atoms with van der Waals surface area (Å²) in [6.45, 7) is 3.31. The lowest BCUT2D eigenvalue weighted by molar-refractivity contribution is -0.145. The minimum absolute atomic E-state index is 0.0700. The number of hydrogen-bond acceptors (Lipinski definition) is 6. The van der Waals surface area contributed by atoms with Gasteiger partial charge in [-0.1, -0.05) is 17.7 Å². The summed E-state index contributed by atoms with van der Waals surface area (Å²) in [5, 5.41) is 4.93. The molecule has 0 radical (unpaired) electrons. The number of ether oxygens (including phenoxy) is 1. The van der Waals surface area contributed by atoms with Crippen LogP contribution in [0.1, 0.15) is 21.6 Å². The van der Waals surface area contributed by atoms with E-state index in [1.807, 2.05) is 32.0 Å². The quantitative estimate of drug-likeness (QED) is 0.635. The van der Waals surface area contributed by atoms with Crippen LogP contribution in [0.15, 0.2) is 36.5 Å². The molecule has 9 heteroatoms. The second-order valence-electron chi connectivity index (χ2n) is 6.40. The number of amides is 3. The van der Waals surface area contributed by atoms with Gasteiger partial charge in [-0.2, -0.15) is 0 Å². The number of nitrogens with zero attached hydrogens (tertiary/aromatic N) is 1. The smallest absolute Gasteiger partial charge is 0.316 e. The molecule has 2 aromatic rings. The number of nitrogens with one attached hydrogen (secondary N) is 2. The number of aromatic nitrogens is 1. The molecule has 0 saturated carbocycles. The summed E-state index contributed by atoms with van der Waals surface area (Å²) in [7, 11) is 1.67. The number of anilines is 1. The van der Waals surface area contributed by atoms with Crippen molar-refractivity contribution in [3.63, 3.8) is 0 Å². The van der Waals surface area contributed by atoms with Gasteiger partial charge < -0.3 is 14.6 Å². The van der Waals surface area contributed by atoms with E-state index in [0.29, 0.717) is 5.69 Å². The number of imide groups is 1. The minimum Gasteiger partial charge on any atom is -0.455 e. The van der Waals surface area contributed by atoms with Crippen molar-refractivity contribution >= 4 is 41.1 Å². The van der Waals surface area contributed by atoms with Crippen LogP contribution in [0.25, 0.3) is 0 Å². The molecule has 0 aliphatic heterocycles. The third-order valence-corrected chi connectivity index (χ3v) is 4.81. The van der Waals surface area contributed by atoms with Gasteiger partial charge in [-0.15, -0.1) is 11.8 Å². The molecule has 1 aromatic heterocycles. The van der Waals surface area contributed by atoms with E-state index in [1.165, 1.54) is 0 Å². The second kappa shape index (κ2) is 10.5. The highest BCUT2D eigenvalue weighted by Gasteiger charge is 2.15. The van der Waals surface area contributed by atoms with E-state index in [9.17, 15) is 19.2 Å². The maximum Gasteiger partial charge on any atom is 0.316 e. The molecule has 29 heavy (non-hydrogen) atoms. The van der Waals surface area contributed by atoms with Crippen LogP contribution in [0, 0.1) is 13.8 Å². The molecule has 1 heterocycles. The molecule has 0 spiro atoms. The zero-order valence-corrected chi connectivity index (χ0v) is 17.3. The van der Waals surface area contributed by atoms with E-state index in [0.717, 1.165) is 28.6 Å². The van der Waals surface area contributed by atoms with Crippen LogP contribution in [0.4, 0.5) is 5.69 Å². The van der Waals surface area contributed by atoms with Gasteiger partial charge in [0.2, 0.25) is 5.91 Å². The van der Waals surface area contributed by atoms with Gasteiger partial charge in [0.05, 0.1) is 11.5 Å². The van der Waals surface area contributed by atoms with Crippen molar-refractivity contribution in [3.8, 4) is 0 Å². The molecule has 0 atom stereocenters. The SMILES string of the molecule is Cc1ccc(NC(=O)CSCC(=O)OCC(=O)NC(=O)c2cccn2C)c(C)c1. The largest absolute Gasteiger partial charge is 0.455 e. The van der Waals surface area contributed by atoms with Gasteiger partial charge in [0.25, 0.3) is 11.8 Å². The predicted octanol–water partition coefficient (Wildman–Crippen LogP) is 1.81. The fraction of sp³-hybridized carbons (Fsp3) is 0.300. The number of carbonyl (C=O) groups is 4. The number of esters is 1. The van der Waals surface area contributed by atoms with Gasteiger partial charge in [0.1, 0.15) is 5.69 Å². The number of carbonyl (C=O) groups excluding carboxylic acids is 4. The van der Waals surface area contributed by atoms with Crippen molar-refractivity contribution in [2.24, 2.45) is 7.05 Å². The summed E-state index contributed by atoms with van der Waals surface area (Å²) in [6, 6.07) is 8.94. The van der Waals surface area contributed by atoms with E-state index < -0.39 is 24.4 Å². The molecular weight excluding hydrogens is 394 g/mol. The number of benzene rings is 1. The molecule has 1 aromatic carbocycles. The van der Waals surface area contributed by atoms with Gasteiger partial charge >= 0.3 is 5.97 Å². The standard InChI is InChI=1S/C20H23N3O5S/c1-13-6-7-15(14(2)9-13)21-18(25)11-29-12-19(26)28-10-17(24)22-20(27)16-5-4-8-23(16)3/h4-9H,10-12H2,1-3H3,(H,21,25)(H,22,24,27). The fourth-order valence-electron chi connectivity index (χ4n) is 2.48. The topological polar surface area (TPSA) is 106 Å². The molecule has 3 amide bonds. The first kappa shape index (κ1) is 22.2. The highest BCUT2D eigenvalue weighted by molar-refractivity contribution is 8.00. The fourth-order valence-corrected chi connectivity index (χ4v) is 3.09. The maximum absolute atomic E-state index is 12.0. The Balaban J connectivity index is 1.65. The molecule has 0 unspecified atom stereocenters. The molecule has 8 nitrogen and oxygen atoms in total. The van der Waals surface area contributed by atoms with Crippen LogP contribution in [-0.2, 0) is 26.2 Å². The molecule has 2 N–H and O–H groups in total. The highest BCUT2D eigenvalue weighted by Crippen LogP contribution is 2.16. The van der Waals surface area contributed by atoms with Crippen LogP contribution in [-0.4, -0.2) is 46.4 Å². The highest BCUT2D eigenvalue weighted by atomic mass is 32.2. The lowest BCUT2D eigenvalue weighted by atomic mass is 10.1. The summed E-state index contributed by atoms with van der Waals surface area (Å²) in [5.74, 6) is -2.19. The Bertz CT molecular complexity index is 923. The molecule has 0 aliphatic carbocycles. The van der Waals surface area contributed by atoms with Crippen molar-refractivity contribution in [1.82, 2.24) is 9.88 Å². The average molecular weight is 417 g/mol. The number of aryl methyl sites for hydroxylation is 3. The van der Waals surface area contributed by atoms with Gasteiger partial charge in [0, 0.05) is 18.9 Å². The van der Waals surface area contributed by atoms with Crippen LogP contribution >= 0.6 is 11.8 Å².